The fourth-order valence-corrected chi connectivity index (χ4v) is 4.98. The molecule has 1 aromatic heterocycles. The maximum atomic E-state index is 13.4. The second-order valence-electron chi connectivity index (χ2n) is 10.7. The maximum absolute atomic E-state index is 13.4. The third-order valence-electron chi connectivity index (χ3n) is 7.27. The largest absolute Gasteiger partial charge is 0.497 e. The highest BCUT2D eigenvalue weighted by Gasteiger charge is 2.41. The van der Waals surface area contributed by atoms with Crippen LogP contribution in [0.2, 0.25) is 0 Å². The van der Waals surface area contributed by atoms with Crippen LogP contribution in [0, 0.1) is 5.82 Å². The first-order valence-electron chi connectivity index (χ1n) is 13.9. The van der Waals surface area contributed by atoms with E-state index in [1.807, 2.05) is 36.7 Å². The fraction of sp³-hybridized carbons (Fsp3) is 0.355. The van der Waals surface area contributed by atoms with Crippen LogP contribution in [-0.2, 0) is 31.3 Å². The summed E-state index contributed by atoms with van der Waals surface area (Å²) >= 11 is 0. The van der Waals surface area contributed by atoms with Crippen LogP contribution in [0.5, 0.6) is 5.75 Å². The molecule has 0 aliphatic carbocycles. The summed E-state index contributed by atoms with van der Waals surface area (Å²) in [5, 5.41) is 36.9. The van der Waals surface area contributed by atoms with Crippen LogP contribution in [0.4, 0.5) is 4.39 Å². The highest BCUT2D eigenvalue weighted by atomic mass is 19.1. The Morgan fingerprint density at radius 2 is 1.47 bits per heavy atom. The van der Waals surface area contributed by atoms with Crippen molar-refractivity contribution in [1.29, 1.82) is 0 Å². The van der Waals surface area contributed by atoms with Gasteiger partial charge in [0.05, 0.1) is 25.5 Å². The monoisotopic (exact) mass is 626 g/mol. The van der Waals surface area contributed by atoms with Gasteiger partial charge in [0.2, 0.25) is 5.91 Å². The number of aliphatic carboxylic acids is 3. The number of aromatic nitrogens is 2. The number of nitrogens with one attached hydrogen (secondary N) is 1. The van der Waals surface area contributed by atoms with Crippen LogP contribution >= 0.6 is 0 Å². The molecule has 13 nitrogen and oxygen atoms in total. The van der Waals surface area contributed by atoms with Crippen LogP contribution in [0.15, 0.2) is 60.9 Å². The molecule has 2 heterocycles. The summed E-state index contributed by atoms with van der Waals surface area (Å²) in [5.41, 5.74) is -0.283. The lowest BCUT2D eigenvalue weighted by atomic mass is 9.80. The van der Waals surface area contributed by atoms with E-state index in [1.165, 1.54) is 19.1 Å². The normalized spacial score (nSPS) is 14.4. The lowest BCUT2D eigenvalue weighted by Gasteiger charge is -2.42. The molecule has 3 aromatic rings. The smallest absolute Gasteiger partial charge is 0.336 e. The van der Waals surface area contributed by atoms with E-state index < -0.39 is 41.9 Å². The number of piperidine rings is 1. The number of benzene rings is 2. The minimum atomic E-state index is -2.74. The van der Waals surface area contributed by atoms with E-state index in [0.29, 0.717) is 5.82 Å². The quantitative estimate of drug-likeness (QED) is 0.209. The van der Waals surface area contributed by atoms with Crippen molar-refractivity contribution >= 4 is 23.8 Å². The van der Waals surface area contributed by atoms with Gasteiger partial charge in [-0.15, -0.1) is 0 Å². The van der Waals surface area contributed by atoms with Crippen molar-refractivity contribution in [2.75, 3.05) is 20.2 Å². The topological polar surface area (TPSA) is 199 Å². The van der Waals surface area contributed by atoms with Gasteiger partial charge in [-0.1, -0.05) is 12.1 Å². The van der Waals surface area contributed by atoms with Crippen molar-refractivity contribution < 1.29 is 48.7 Å². The maximum Gasteiger partial charge on any atom is 0.336 e. The Hall–Kier alpha value is -4.95. The summed E-state index contributed by atoms with van der Waals surface area (Å²) in [5.74, 6) is -3.90. The number of carboxylic acid groups (broad SMARTS) is 3. The number of carbonyl (C=O) groups is 4. The number of hydrogen-bond donors (Lipinski definition) is 5. The summed E-state index contributed by atoms with van der Waals surface area (Å²) in [4.78, 5) is 53.8. The van der Waals surface area contributed by atoms with Crippen molar-refractivity contribution in [2.45, 2.75) is 50.3 Å². The first-order valence-corrected chi connectivity index (χ1v) is 13.9. The van der Waals surface area contributed by atoms with E-state index >= 15 is 0 Å². The average Bonchev–Trinajstić information content (AvgIpc) is 2.98. The van der Waals surface area contributed by atoms with Gasteiger partial charge in [0.1, 0.15) is 11.6 Å². The molecule has 0 saturated carbocycles. The molecule has 1 aliphatic rings. The van der Waals surface area contributed by atoms with E-state index in [-0.39, 0.29) is 11.7 Å². The highest BCUT2D eigenvalue weighted by molar-refractivity contribution is 5.88. The summed E-state index contributed by atoms with van der Waals surface area (Å²) in [6.07, 6.45) is 2.94. The zero-order valence-corrected chi connectivity index (χ0v) is 24.8. The molecule has 2 aromatic carbocycles. The molecule has 45 heavy (non-hydrogen) atoms. The van der Waals surface area contributed by atoms with Crippen molar-refractivity contribution in [2.24, 2.45) is 0 Å². The first-order chi connectivity index (χ1) is 21.2. The second kappa shape index (κ2) is 15.2. The van der Waals surface area contributed by atoms with Gasteiger partial charge in [-0.2, -0.15) is 0 Å². The van der Waals surface area contributed by atoms with Gasteiger partial charge in [0.15, 0.2) is 11.4 Å². The molecule has 1 saturated heterocycles. The summed E-state index contributed by atoms with van der Waals surface area (Å²) < 4.78 is 18.6. The average molecular weight is 627 g/mol. The number of carboxylic acids is 3. The Labute approximate surface area is 258 Å². The zero-order chi connectivity index (χ0) is 33.2. The lowest BCUT2D eigenvalue weighted by Crippen LogP contribution is -2.52. The summed E-state index contributed by atoms with van der Waals surface area (Å²) in [7, 11) is 1.64. The summed E-state index contributed by atoms with van der Waals surface area (Å²) in [6, 6.07) is 14.1. The number of hydrogen-bond acceptors (Lipinski definition) is 9. The Morgan fingerprint density at radius 1 is 0.933 bits per heavy atom. The van der Waals surface area contributed by atoms with Crippen LogP contribution in [-0.4, -0.2) is 84.9 Å². The minimum absolute atomic E-state index is 0.0784. The molecule has 0 unspecified atom stereocenters. The zero-order valence-electron chi connectivity index (χ0n) is 24.8. The van der Waals surface area contributed by atoms with E-state index in [0.717, 1.165) is 54.9 Å². The standard InChI is InChI=1S/C25H27FN4O2.C6H8O7/c1-18(31)29-25(21-5-7-22(26)8-6-21)11-13-30(14-12-25)17-19-15-27-24(28-16-19)20-3-9-23(32-2)10-4-20;7-3(8)1-6(13,5(11)12)2-4(9)10/h3-10,15-16H,11-14,17H2,1-2H3,(H,29,31);13H,1-2H2,(H,7,8)(H,9,10)(H,11,12). The van der Waals surface area contributed by atoms with Gasteiger partial charge < -0.3 is 30.5 Å². The molecular formula is C31H35FN4O9. The number of amides is 1. The molecule has 0 spiro atoms. The predicted octanol–water partition coefficient (Wildman–Crippen LogP) is 2.67. The molecule has 1 aliphatic heterocycles. The molecule has 1 amide bonds. The van der Waals surface area contributed by atoms with Crippen LogP contribution in [0.25, 0.3) is 11.4 Å². The van der Waals surface area contributed by atoms with Crippen molar-refractivity contribution in [1.82, 2.24) is 20.2 Å². The SMILES string of the molecule is COc1ccc(-c2ncc(CN3CCC(NC(C)=O)(c4ccc(F)cc4)CC3)cn2)cc1.O=C(O)CC(O)(CC(=O)O)C(=O)O. The van der Waals surface area contributed by atoms with E-state index in [2.05, 4.69) is 20.2 Å². The van der Waals surface area contributed by atoms with Crippen LogP contribution < -0.4 is 10.1 Å². The molecule has 1 fully saturated rings. The molecule has 5 N–H and O–H groups in total. The summed E-state index contributed by atoms with van der Waals surface area (Å²) in [6.45, 7) is 3.87. The van der Waals surface area contributed by atoms with Crippen LogP contribution in [0.3, 0.4) is 0 Å². The lowest BCUT2D eigenvalue weighted by molar-refractivity contribution is -0.170. The third kappa shape index (κ3) is 9.78. The minimum Gasteiger partial charge on any atom is -0.497 e. The number of likely N-dealkylation sites (tertiary alicyclic amines) is 1. The Morgan fingerprint density at radius 3 is 1.91 bits per heavy atom. The molecular weight excluding hydrogens is 591 g/mol. The van der Waals surface area contributed by atoms with Gasteiger partial charge in [-0.05, 0) is 54.8 Å². The Bertz CT molecular complexity index is 1460. The predicted molar refractivity (Wildman–Crippen MR) is 158 cm³/mol. The molecule has 14 heteroatoms. The third-order valence-corrected chi connectivity index (χ3v) is 7.27. The van der Waals surface area contributed by atoms with E-state index in [4.69, 9.17) is 25.2 Å². The van der Waals surface area contributed by atoms with E-state index in [1.54, 1.807) is 19.2 Å². The molecule has 0 radical (unpaired) electrons. The van der Waals surface area contributed by atoms with Gasteiger partial charge in [0.25, 0.3) is 0 Å². The second-order valence-corrected chi connectivity index (χ2v) is 10.7. The van der Waals surface area contributed by atoms with Gasteiger partial charge >= 0.3 is 17.9 Å². The number of ether oxygens (including phenoxy) is 1. The molecule has 240 valence electrons. The number of carbonyl (C=O) groups excluding carboxylic acids is 1. The number of methoxy groups -OCH3 is 1. The van der Waals surface area contributed by atoms with Crippen LogP contribution in [0.1, 0.15) is 43.7 Å². The van der Waals surface area contributed by atoms with Crippen molar-refractivity contribution in [3.63, 3.8) is 0 Å². The molecule has 4 rings (SSSR count). The number of halogens is 1. The Kier molecular flexibility index (Phi) is 11.6. The van der Waals surface area contributed by atoms with Crippen molar-refractivity contribution in [3.05, 3.63) is 77.9 Å². The number of rotatable bonds is 11. The first kappa shape index (κ1) is 34.5. The highest BCUT2D eigenvalue weighted by Crippen LogP contribution is 2.34. The number of nitrogens with zero attached hydrogens (tertiary/aromatic N) is 3. The Balaban J connectivity index is 0.000000360. The number of aliphatic hydroxyl groups is 1. The van der Waals surface area contributed by atoms with Gasteiger partial charge in [0, 0.05) is 50.1 Å². The van der Waals surface area contributed by atoms with Gasteiger partial charge in [-0.25, -0.2) is 19.2 Å². The molecule has 0 atom stereocenters. The van der Waals surface area contributed by atoms with Crippen molar-refractivity contribution in [3.8, 4) is 17.1 Å². The molecule has 0 bridgehead atoms. The van der Waals surface area contributed by atoms with E-state index in [9.17, 15) is 23.6 Å². The van der Waals surface area contributed by atoms with Gasteiger partial charge in [-0.3, -0.25) is 19.3 Å². The fourth-order valence-electron chi connectivity index (χ4n) is 4.98.